The average Bonchev–Trinajstić information content (AvgIpc) is 2.25. The minimum absolute atomic E-state index is 0.144. The first-order valence-corrected chi connectivity index (χ1v) is 5.04. The van der Waals surface area contributed by atoms with E-state index in [1.54, 1.807) is 12.1 Å². The fraction of sp³-hybridized carbons (Fsp3) is 0.250. The largest absolute Gasteiger partial charge is 0.454 e. The van der Waals surface area contributed by atoms with Crippen LogP contribution in [0.2, 0.25) is 0 Å². The summed E-state index contributed by atoms with van der Waals surface area (Å²) >= 11 is 0. The van der Waals surface area contributed by atoms with Crippen LogP contribution in [-0.2, 0) is 9.53 Å². The number of hydrogen-bond acceptors (Lipinski definition) is 4. The molecule has 0 N–H and O–H groups in total. The molecular formula is C12H13NO4. The van der Waals surface area contributed by atoms with Crippen molar-refractivity contribution in [3.8, 4) is 0 Å². The molecule has 5 heteroatoms. The fourth-order valence-electron chi connectivity index (χ4n) is 1.25. The van der Waals surface area contributed by atoms with Crippen LogP contribution in [0.25, 0.3) is 6.08 Å². The molecule has 0 radical (unpaired) electrons. The lowest BCUT2D eigenvalue weighted by Crippen LogP contribution is -2.09. The summed E-state index contributed by atoms with van der Waals surface area (Å²) in [5.41, 5.74) is 1.52. The number of rotatable bonds is 4. The molecule has 0 aliphatic carbocycles. The van der Waals surface area contributed by atoms with Crippen LogP contribution >= 0.6 is 0 Å². The van der Waals surface area contributed by atoms with Crippen molar-refractivity contribution in [1.82, 2.24) is 0 Å². The number of carbonyl (C=O) groups excluding carboxylic acids is 1. The van der Waals surface area contributed by atoms with Crippen molar-refractivity contribution in [1.29, 1.82) is 0 Å². The zero-order chi connectivity index (χ0) is 12.8. The maximum Gasteiger partial charge on any atom is 0.303 e. The van der Waals surface area contributed by atoms with Crippen molar-refractivity contribution >= 4 is 12.0 Å². The van der Waals surface area contributed by atoms with E-state index in [2.05, 4.69) is 4.74 Å². The summed E-state index contributed by atoms with van der Waals surface area (Å²) in [5.74, 6) is -0.539. The Morgan fingerprint density at radius 2 is 2.12 bits per heavy atom. The Morgan fingerprint density at radius 1 is 1.47 bits per heavy atom. The molecule has 0 saturated heterocycles. The highest BCUT2D eigenvalue weighted by atomic mass is 16.6. The highest BCUT2D eigenvalue weighted by molar-refractivity contribution is 5.66. The minimum Gasteiger partial charge on any atom is -0.454 e. The molecule has 0 heterocycles. The molecule has 0 aliphatic rings. The Morgan fingerprint density at radius 3 is 2.65 bits per heavy atom. The Hall–Kier alpha value is -2.17. The number of hydrogen-bond donors (Lipinski definition) is 0. The van der Waals surface area contributed by atoms with Crippen molar-refractivity contribution < 1.29 is 14.5 Å². The van der Waals surface area contributed by atoms with Crippen LogP contribution in [-0.4, -0.2) is 17.5 Å². The van der Waals surface area contributed by atoms with Gasteiger partial charge in [0.2, 0.25) is 0 Å². The van der Waals surface area contributed by atoms with Gasteiger partial charge in [-0.25, -0.2) is 0 Å². The SMILES string of the molecule is CC(=O)OC/C(=C/c1ccccc1C)[N+](=O)[O-]. The summed E-state index contributed by atoms with van der Waals surface area (Å²) in [6.45, 7) is 2.75. The van der Waals surface area contributed by atoms with Gasteiger partial charge in [-0.1, -0.05) is 24.3 Å². The van der Waals surface area contributed by atoms with Crippen LogP contribution in [0.4, 0.5) is 0 Å². The van der Waals surface area contributed by atoms with Crippen LogP contribution in [0.1, 0.15) is 18.1 Å². The van der Waals surface area contributed by atoms with Gasteiger partial charge < -0.3 is 4.74 Å². The number of aryl methyl sites for hydroxylation is 1. The second-order valence-corrected chi connectivity index (χ2v) is 3.53. The van der Waals surface area contributed by atoms with E-state index in [-0.39, 0.29) is 12.3 Å². The van der Waals surface area contributed by atoms with E-state index in [0.29, 0.717) is 0 Å². The van der Waals surface area contributed by atoms with Crippen molar-refractivity contribution in [2.24, 2.45) is 0 Å². The van der Waals surface area contributed by atoms with Gasteiger partial charge in [-0.2, -0.15) is 0 Å². The van der Waals surface area contributed by atoms with E-state index in [9.17, 15) is 14.9 Å². The third-order valence-corrected chi connectivity index (χ3v) is 2.17. The first kappa shape index (κ1) is 12.9. The third kappa shape index (κ3) is 4.06. The molecule has 1 rings (SSSR count). The van der Waals surface area contributed by atoms with E-state index in [4.69, 9.17) is 0 Å². The van der Waals surface area contributed by atoms with Gasteiger partial charge in [-0.3, -0.25) is 14.9 Å². The molecule has 0 atom stereocenters. The number of benzene rings is 1. The Balaban J connectivity index is 2.94. The normalized spacial score (nSPS) is 11.1. The molecule has 1 aromatic carbocycles. The molecule has 0 bridgehead atoms. The number of nitrogens with zero attached hydrogens (tertiary/aromatic N) is 1. The molecule has 0 fully saturated rings. The van der Waals surface area contributed by atoms with E-state index in [0.717, 1.165) is 11.1 Å². The van der Waals surface area contributed by atoms with Gasteiger partial charge in [0.25, 0.3) is 5.70 Å². The number of esters is 1. The minimum atomic E-state index is -0.546. The first-order chi connectivity index (χ1) is 8.00. The van der Waals surface area contributed by atoms with E-state index < -0.39 is 10.9 Å². The summed E-state index contributed by atoms with van der Waals surface area (Å²) in [5, 5.41) is 10.8. The van der Waals surface area contributed by atoms with E-state index in [1.807, 2.05) is 19.1 Å². The quantitative estimate of drug-likeness (QED) is 0.455. The molecule has 0 spiro atoms. The molecule has 0 amide bonds. The summed E-state index contributed by atoms with van der Waals surface area (Å²) in [6.07, 6.45) is 1.41. The monoisotopic (exact) mass is 235 g/mol. The van der Waals surface area contributed by atoms with Crippen molar-refractivity contribution in [2.45, 2.75) is 13.8 Å². The van der Waals surface area contributed by atoms with Gasteiger partial charge in [0.1, 0.15) is 0 Å². The lowest BCUT2D eigenvalue weighted by Gasteiger charge is -2.02. The van der Waals surface area contributed by atoms with Crippen LogP contribution in [0.5, 0.6) is 0 Å². The first-order valence-electron chi connectivity index (χ1n) is 5.04. The van der Waals surface area contributed by atoms with Crippen molar-refractivity contribution in [3.63, 3.8) is 0 Å². The molecule has 0 aromatic heterocycles. The zero-order valence-electron chi connectivity index (χ0n) is 9.67. The highest BCUT2D eigenvalue weighted by Crippen LogP contribution is 2.12. The number of nitro groups is 1. The van der Waals surface area contributed by atoms with Gasteiger partial charge in [0.05, 0.1) is 4.92 Å². The van der Waals surface area contributed by atoms with Gasteiger partial charge in [-0.05, 0) is 18.1 Å². The van der Waals surface area contributed by atoms with Gasteiger partial charge in [-0.15, -0.1) is 0 Å². The molecule has 17 heavy (non-hydrogen) atoms. The van der Waals surface area contributed by atoms with Crippen molar-refractivity contribution in [2.75, 3.05) is 6.61 Å². The molecular weight excluding hydrogens is 222 g/mol. The van der Waals surface area contributed by atoms with Gasteiger partial charge >= 0.3 is 5.97 Å². The third-order valence-electron chi connectivity index (χ3n) is 2.17. The second-order valence-electron chi connectivity index (χ2n) is 3.53. The Labute approximate surface area is 98.9 Å². The molecule has 5 nitrogen and oxygen atoms in total. The van der Waals surface area contributed by atoms with Gasteiger partial charge in [0.15, 0.2) is 6.61 Å². The summed E-state index contributed by atoms with van der Waals surface area (Å²) in [4.78, 5) is 20.8. The van der Waals surface area contributed by atoms with Gasteiger partial charge in [0, 0.05) is 13.0 Å². The van der Waals surface area contributed by atoms with E-state index >= 15 is 0 Å². The lowest BCUT2D eigenvalue weighted by atomic mass is 10.1. The summed E-state index contributed by atoms with van der Waals surface area (Å²) in [6, 6.07) is 7.27. The predicted molar refractivity (Wildman–Crippen MR) is 62.8 cm³/mol. The topological polar surface area (TPSA) is 69.4 Å². The molecule has 0 saturated carbocycles. The highest BCUT2D eigenvalue weighted by Gasteiger charge is 2.13. The second kappa shape index (κ2) is 5.79. The molecule has 1 aromatic rings. The maximum atomic E-state index is 10.8. The fourth-order valence-corrected chi connectivity index (χ4v) is 1.25. The zero-order valence-corrected chi connectivity index (χ0v) is 9.67. The number of ether oxygens (including phenoxy) is 1. The molecule has 0 unspecified atom stereocenters. The van der Waals surface area contributed by atoms with Crippen LogP contribution < -0.4 is 0 Å². The number of carbonyl (C=O) groups is 1. The standard InChI is InChI=1S/C12H13NO4/c1-9-5-3-4-6-11(9)7-12(13(15)16)8-17-10(2)14/h3-7H,8H2,1-2H3/b12-7-. The lowest BCUT2D eigenvalue weighted by molar-refractivity contribution is -0.428. The Kier molecular flexibility index (Phi) is 4.39. The van der Waals surface area contributed by atoms with Crippen molar-refractivity contribution in [3.05, 3.63) is 51.2 Å². The predicted octanol–water partition coefficient (Wildman–Crippen LogP) is 2.18. The summed E-state index contributed by atoms with van der Waals surface area (Å²) < 4.78 is 4.63. The van der Waals surface area contributed by atoms with Crippen LogP contribution in [0.3, 0.4) is 0 Å². The van der Waals surface area contributed by atoms with Crippen LogP contribution in [0, 0.1) is 17.0 Å². The molecule has 0 aliphatic heterocycles. The maximum absolute atomic E-state index is 10.8. The summed E-state index contributed by atoms with van der Waals surface area (Å²) in [7, 11) is 0. The smallest absolute Gasteiger partial charge is 0.303 e. The van der Waals surface area contributed by atoms with Crippen LogP contribution in [0.15, 0.2) is 30.0 Å². The average molecular weight is 235 g/mol. The van der Waals surface area contributed by atoms with E-state index in [1.165, 1.54) is 13.0 Å². The molecule has 90 valence electrons. The Bertz CT molecular complexity index is 465.